The zero-order valence-corrected chi connectivity index (χ0v) is 11.6. The van der Waals surface area contributed by atoms with Crippen molar-refractivity contribution < 1.29 is 33.7 Å². The Morgan fingerprint density at radius 3 is 2.45 bits per heavy atom. The Morgan fingerprint density at radius 1 is 1.32 bits per heavy atom. The molecule has 1 aliphatic heterocycles. The molecule has 1 unspecified atom stereocenters. The van der Waals surface area contributed by atoms with Crippen LogP contribution in [0.15, 0.2) is 18.2 Å². The number of carboxylic acids is 2. The maximum atomic E-state index is 13.2. The van der Waals surface area contributed by atoms with Crippen molar-refractivity contribution in [3.63, 3.8) is 0 Å². The van der Waals surface area contributed by atoms with Gasteiger partial charge < -0.3 is 20.6 Å². The van der Waals surface area contributed by atoms with Gasteiger partial charge in [0.15, 0.2) is 6.10 Å². The van der Waals surface area contributed by atoms with Crippen LogP contribution in [-0.2, 0) is 9.59 Å². The van der Waals surface area contributed by atoms with Crippen LogP contribution in [0.1, 0.15) is 30.9 Å². The van der Waals surface area contributed by atoms with Gasteiger partial charge in [-0.05, 0) is 37.6 Å². The number of aliphatic hydroxyl groups is 1. The Morgan fingerprint density at radius 2 is 2.00 bits per heavy atom. The normalized spacial score (nSPS) is 18.2. The van der Waals surface area contributed by atoms with E-state index in [0.717, 1.165) is 25.5 Å². The highest BCUT2D eigenvalue weighted by Gasteiger charge is 2.19. The molecule has 1 aromatic rings. The number of benzene rings is 1. The molecule has 1 fully saturated rings. The fraction of sp³-hybridized carbons (Fsp3) is 0.429. The minimum absolute atomic E-state index is 0.00398. The number of aliphatic carboxylic acids is 2. The standard InChI is InChI=1S/C10H11F2N.C4H6O5/c11-7-3-4-9(12)8(6-7)10-2-1-5-13-10;5-2(4(8)9)1-3(6)7/h3-4,6,10,13H,1-2,5H2;2,5H,1H2,(H,6,7)(H,8,9)/t10-;/m1./s1. The number of rotatable bonds is 4. The highest BCUT2D eigenvalue weighted by molar-refractivity contribution is 5.79. The summed E-state index contributed by atoms with van der Waals surface area (Å²) in [4.78, 5) is 19.4. The maximum Gasteiger partial charge on any atom is 0.333 e. The lowest BCUT2D eigenvalue weighted by Gasteiger charge is -2.11. The van der Waals surface area contributed by atoms with Gasteiger partial charge in [0.25, 0.3) is 0 Å². The molecule has 2 atom stereocenters. The summed E-state index contributed by atoms with van der Waals surface area (Å²) in [6.07, 6.45) is -0.626. The Balaban J connectivity index is 0.000000239. The van der Waals surface area contributed by atoms with Crippen molar-refractivity contribution in [1.82, 2.24) is 5.32 Å². The number of hydrogen-bond donors (Lipinski definition) is 4. The fourth-order valence-corrected chi connectivity index (χ4v) is 1.98. The molecule has 1 saturated heterocycles. The lowest BCUT2D eigenvalue weighted by atomic mass is 10.0. The first-order valence-electron chi connectivity index (χ1n) is 6.62. The molecule has 122 valence electrons. The Bertz CT molecular complexity index is 532. The summed E-state index contributed by atoms with van der Waals surface area (Å²) in [5.41, 5.74) is 0.456. The molecule has 0 radical (unpaired) electrons. The SMILES string of the molecule is Fc1ccc(F)c([C@H]2CCCN2)c1.O=C(O)CC(O)C(=O)O. The van der Waals surface area contributed by atoms with E-state index in [-0.39, 0.29) is 17.7 Å². The van der Waals surface area contributed by atoms with Crippen LogP contribution in [0.4, 0.5) is 8.78 Å². The van der Waals surface area contributed by atoms with Gasteiger partial charge in [0, 0.05) is 11.6 Å². The Kier molecular flexibility index (Phi) is 6.87. The number of carboxylic acid groups (broad SMARTS) is 2. The van der Waals surface area contributed by atoms with Gasteiger partial charge in [-0.3, -0.25) is 4.79 Å². The van der Waals surface area contributed by atoms with Gasteiger partial charge in [-0.1, -0.05) is 0 Å². The molecule has 8 heteroatoms. The molecular formula is C14H17F2NO5. The molecular weight excluding hydrogens is 300 g/mol. The Labute approximate surface area is 125 Å². The average molecular weight is 317 g/mol. The van der Waals surface area contributed by atoms with Crippen LogP contribution in [-0.4, -0.2) is 39.9 Å². The monoisotopic (exact) mass is 317 g/mol. The minimum atomic E-state index is -1.79. The van der Waals surface area contributed by atoms with E-state index in [0.29, 0.717) is 5.56 Å². The average Bonchev–Trinajstić information content (AvgIpc) is 2.95. The summed E-state index contributed by atoms with van der Waals surface area (Å²) in [7, 11) is 0. The number of carbonyl (C=O) groups is 2. The third kappa shape index (κ3) is 5.74. The van der Waals surface area contributed by atoms with Crippen molar-refractivity contribution >= 4 is 11.9 Å². The van der Waals surface area contributed by atoms with E-state index in [2.05, 4.69) is 5.32 Å². The van der Waals surface area contributed by atoms with Crippen molar-refractivity contribution in [2.45, 2.75) is 31.4 Å². The topological polar surface area (TPSA) is 107 Å². The third-order valence-corrected chi connectivity index (χ3v) is 3.05. The van der Waals surface area contributed by atoms with E-state index in [1.807, 2.05) is 0 Å². The number of hydrogen-bond acceptors (Lipinski definition) is 4. The molecule has 22 heavy (non-hydrogen) atoms. The molecule has 0 spiro atoms. The molecule has 0 aliphatic carbocycles. The molecule has 6 nitrogen and oxygen atoms in total. The van der Waals surface area contributed by atoms with Crippen LogP contribution in [0.3, 0.4) is 0 Å². The smallest absolute Gasteiger partial charge is 0.333 e. The van der Waals surface area contributed by atoms with E-state index in [1.165, 1.54) is 12.1 Å². The van der Waals surface area contributed by atoms with Crippen LogP contribution in [0.25, 0.3) is 0 Å². The third-order valence-electron chi connectivity index (χ3n) is 3.05. The van der Waals surface area contributed by atoms with Gasteiger partial charge in [-0.25, -0.2) is 13.6 Å². The van der Waals surface area contributed by atoms with Crippen molar-refractivity contribution in [2.24, 2.45) is 0 Å². The predicted octanol–water partition coefficient (Wildman–Crippen LogP) is 1.30. The first kappa shape index (κ1) is 18.0. The molecule has 4 N–H and O–H groups in total. The van der Waals surface area contributed by atoms with Crippen molar-refractivity contribution in [3.8, 4) is 0 Å². The van der Waals surface area contributed by atoms with E-state index < -0.39 is 24.5 Å². The van der Waals surface area contributed by atoms with E-state index in [1.54, 1.807) is 0 Å². The number of halogens is 2. The summed E-state index contributed by atoms with van der Waals surface area (Å²) in [5, 5.41) is 27.3. The summed E-state index contributed by atoms with van der Waals surface area (Å²) in [6, 6.07) is 3.60. The second-order valence-corrected chi connectivity index (χ2v) is 4.77. The quantitative estimate of drug-likeness (QED) is 0.667. The van der Waals surface area contributed by atoms with Crippen LogP contribution in [0.5, 0.6) is 0 Å². The van der Waals surface area contributed by atoms with Gasteiger partial charge in [-0.15, -0.1) is 0 Å². The molecule has 0 aromatic heterocycles. The molecule has 0 bridgehead atoms. The first-order chi connectivity index (χ1) is 10.3. The van der Waals surface area contributed by atoms with Gasteiger partial charge in [0.05, 0.1) is 6.42 Å². The van der Waals surface area contributed by atoms with Crippen molar-refractivity contribution in [3.05, 3.63) is 35.4 Å². The van der Waals surface area contributed by atoms with Gasteiger partial charge in [0.2, 0.25) is 0 Å². The molecule has 1 aromatic carbocycles. The Hall–Kier alpha value is -2.06. The predicted molar refractivity (Wildman–Crippen MR) is 72.2 cm³/mol. The van der Waals surface area contributed by atoms with Gasteiger partial charge in [-0.2, -0.15) is 0 Å². The molecule has 0 saturated carbocycles. The minimum Gasteiger partial charge on any atom is -0.481 e. The lowest BCUT2D eigenvalue weighted by molar-refractivity contribution is -0.152. The van der Waals surface area contributed by atoms with Crippen LogP contribution in [0, 0.1) is 11.6 Å². The van der Waals surface area contributed by atoms with E-state index in [9.17, 15) is 18.4 Å². The molecule has 1 heterocycles. The fourth-order valence-electron chi connectivity index (χ4n) is 1.98. The largest absolute Gasteiger partial charge is 0.481 e. The molecule has 1 aliphatic rings. The molecule has 0 amide bonds. The summed E-state index contributed by atoms with van der Waals surface area (Å²) in [6.45, 7) is 0.890. The summed E-state index contributed by atoms with van der Waals surface area (Å²) >= 11 is 0. The van der Waals surface area contributed by atoms with Crippen LogP contribution >= 0.6 is 0 Å². The zero-order valence-electron chi connectivity index (χ0n) is 11.6. The van der Waals surface area contributed by atoms with E-state index in [4.69, 9.17) is 15.3 Å². The summed E-state index contributed by atoms with van der Waals surface area (Å²) in [5.74, 6) is -3.53. The number of nitrogens with one attached hydrogen (secondary N) is 1. The van der Waals surface area contributed by atoms with Crippen molar-refractivity contribution in [1.29, 1.82) is 0 Å². The highest BCUT2D eigenvalue weighted by Crippen LogP contribution is 2.25. The lowest BCUT2D eigenvalue weighted by Crippen LogP contribution is -2.22. The molecule has 2 rings (SSSR count). The second kappa shape index (κ2) is 8.40. The maximum absolute atomic E-state index is 13.2. The number of aliphatic hydroxyl groups excluding tert-OH is 1. The van der Waals surface area contributed by atoms with Crippen molar-refractivity contribution in [2.75, 3.05) is 6.54 Å². The van der Waals surface area contributed by atoms with E-state index >= 15 is 0 Å². The first-order valence-corrected chi connectivity index (χ1v) is 6.62. The van der Waals surface area contributed by atoms with Crippen LogP contribution < -0.4 is 5.32 Å². The summed E-state index contributed by atoms with van der Waals surface area (Å²) < 4.78 is 26.0. The van der Waals surface area contributed by atoms with Gasteiger partial charge >= 0.3 is 11.9 Å². The second-order valence-electron chi connectivity index (χ2n) is 4.77. The highest BCUT2D eigenvalue weighted by atomic mass is 19.1. The van der Waals surface area contributed by atoms with Gasteiger partial charge in [0.1, 0.15) is 11.6 Å². The van der Waals surface area contributed by atoms with Crippen LogP contribution in [0.2, 0.25) is 0 Å². The zero-order chi connectivity index (χ0) is 16.7.